The van der Waals surface area contributed by atoms with Crippen LogP contribution in [-0.2, 0) is 17.6 Å². The third kappa shape index (κ3) is 4.44. The van der Waals surface area contributed by atoms with Crippen LogP contribution in [0.3, 0.4) is 0 Å². The predicted octanol–water partition coefficient (Wildman–Crippen LogP) is 4.54. The Morgan fingerprint density at radius 2 is 2.00 bits per heavy atom. The number of ether oxygens (including phenoxy) is 1. The van der Waals surface area contributed by atoms with Crippen molar-refractivity contribution in [2.75, 3.05) is 13.2 Å². The number of benzene rings is 2. The Hall–Kier alpha value is -3.25. The maximum atomic E-state index is 12.3. The normalized spacial score (nSPS) is 11.2. The largest absolute Gasteiger partial charge is 0.483 e. The van der Waals surface area contributed by atoms with E-state index in [1.165, 1.54) is 6.07 Å². The molecule has 0 bridgehead atoms. The molecule has 0 saturated carbocycles. The van der Waals surface area contributed by atoms with E-state index in [1.54, 1.807) is 6.07 Å². The standard InChI is InChI=1S/C24H23ClN2O4/c1-3-15-10-23(29)31-24-14(2)21(7-5-18(15)24)30-13-22(28)26-9-8-16-12-27-20-6-4-17(25)11-19(16)20/h4-7,10-12,27H,3,8-9,13H2,1-2H3,(H,26,28). The molecule has 4 rings (SSSR count). The molecule has 2 N–H and O–H groups in total. The number of nitrogens with one attached hydrogen (secondary N) is 2. The summed E-state index contributed by atoms with van der Waals surface area (Å²) < 4.78 is 11.1. The maximum Gasteiger partial charge on any atom is 0.336 e. The third-order valence-corrected chi connectivity index (χ3v) is 5.62. The molecule has 1 amide bonds. The summed E-state index contributed by atoms with van der Waals surface area (Å²) in [5.41, 5.74) is 3.84. The number of H-pyrrole nitrogens is 1. The molecular weight excluding hydrogens is 416 g/mol. The fourth-order valence-corrected chi connectivity index (χ4v) is 3.92. The number of rotatable bonds is 7. The number of carbonyl (C=O) groups is 1. The van der Waals surface area contributed by atoms with Gasteiger partial charge < -0.3 is 19.5 Å². The van der Waals surface area contributed by atoms with Gasteiger partial charge in [-0.3, -0.25) is 4.79 Å². The van der Waals surface area contributed by atoms with Gasteiger partial charge in [0.25, 0.3) is 5.91 Å². The average Bonchev–Trinajstić information content (AvgIpc) is 3.15. The second-order valence-electron chi connectivity index (χ2n) is 7.40. The molecule has 0 atom stereocenters. The molecule has 2 aromatic carbocycles. The van der Waals surface area contributed by atoms with Gasteiger partial charge in [0.15, 0.2) is 6.61 Å². The Labute approximate surface area is 184 Å². The fourth-order valence-electron chi connectivity index (χ4n) is 3.75. The number of amides is 1. The van der Waals surface area contributed by atoms with Gasteiger partial charge in [-0.15, -0.1) is 0 Å². The predicted molar refractivity (Wildman–Crippen MR) is 122 cm³/mol. The van der Waals surface area contributed by atoms with E-state index in [2.05, 4.69) is 10.3 Å². The highest BCUT2D eigenvalue weighted by Gasteiger charge is 2.12. The molecule has 4 aromatic rings. The molecule has 6 nitrogen and oxygen atoms in total. The van der Waals surface area contributed by atoms with Crippen LogP contribution in [0.1, 0.15) is 23.6 Å². The molecule has 31 heavy (non-hydrogen) atoms. The second-order valence-corrected chi connectivity index (χ2v) is 7.84. The average molecular weight is 439 g/mol. The number of carbonyl (C=O) groups excluding carboxylic acids is 1. The summed E-state index contributed by atoms with van der Waals surface area (Å²) in [6.45, 7) is 4.17. The van der Waals surface area contributed by atoms with Crippen molar-refractivity contribution in [3.05, 3.63) is 74.7 Å². The molecule has 0 fully saturated rings. The highest BCUT2D eigenvalue weighted by atomic mass is 35.5. The quantitative estimate of drug-likeness (QED) is 0.415. The Bertz CT molecular complexity index is 1320. The van der Waals surface area contributed by atoms with Gasteiger partial charge >= 0.3 is 5.63 Å². The van der Waals surface area contributed by atoms with Crippen molar-refractivity contribution in [1.82, 2.24) is 10.3 Å². The van der Waals surface area contributed by atoms with Gasteiger partial charge in [0.1, 0.15) is 11.3 Å². The van der Waals surface area contributed by atoms with Crippen LogP contribution < -0.4 is 15.7 Å². The Morgan fingerprint density at radius 1 is 1.16 bits per heavy atom. The SMILES string of the molecule is CCc1cc(=O)oc2c(C)c(OCC(=O)NCCc3c[nH]c4ccc(Cl)cc34)ccc12. The summed E-state index contributed by atoms with van der Waals surface area (Å²) in [4.78, 5) is 27.3. The Kier molecular flexibility index (Phi) is 6.00. The minimum Gasteiger partial charge on any atom is -0.483 e. The van der Waals surface area contributed by atoms with Gasteiger partial charge in [0, 0.05) is 45.7 Å². The van der Waals surface area contributed by atoms with Crippen LogP contribution in [0.4, 0.5) is 0 Å². The molecule has 0 radical (unpaired) electrons. The lowest BCUT2D eigenvalue weighted by molar-refractivity contribution is -0.123. The number of aryl methyl sites for hydroxylation is 2. The van der Waals surface area contributed by atoms with Crippen molar-refractivity contribution in [3.63, 3.8) is 0 Å². The zero-order valence-corrected chi connectivity index (χ0v) is 18.1. The zero-order valence-electron chi connectivity index (χ0n) is 17.4. The van der Waals surface area contributed by atoms with E-state index < -0.39 is 0 Å². The summed E-state index contributed by atoms with van der Waals surface area (Å²) >= 11 is 6.08. The van der Waals surface area contributed by atoms with E-state index >= 15 is 0 Å². The van der Waals surface area contributed by atoms with Gasteiger partial charge in [-0.1, -0.05) is 18.5 Å². The first-order valence-electron chi connectivity index (χ1n) is 10.2. The summed E-state index contributed by atoms with van der Waals surface area (Å²) in [5.74, 6) is 0.298. The van der Waals surface area contributed by atoms with Gasteiger partial charge in [-0.2, -0.15) is 0 Å². The summed E-state index contributed by atoms with van der Waals surface area (Å²) in [5, 5.41) is 5.49. The third-order valence-electron chi connectivity index (χ3n) is 5.38. The second kappa shape index (κ2) is 8.86. The van der Waals surface area contributed by atoms with Crippen molar-refractivity contribution in [1.29, 1.82) is 0 Å². The maximum absolute atomic E-state index is 12.3. The first-order chi connectivity index (χ1) is 15.0. The molecule has 0 aliphatic carbocycles. The number of aromatic nitrogens is 1. The summed E-state index contributed by atoms with van der Waals surface area (Å²) in [6, 6.07) is 10.9. The van der Waals surface area contributed by atoms with Crippen molar-refractivity contribution in [2.45, 2.75) is 26.7 Å². The highest BCUT2D eigenvalue weighted by molar-refractivity contribution is 6.31. The van der Waals surface area contributed by atoms with E-state index in [0.29, 0.717) is 34.9 Å². The van der Waals surface area contributed by atoms with Crippen LogP contribution in [0.15, 0.2) is 51.8 Å². The van der Waals surface area contributed by atoms with Crippen LogP contribution >= 0.6 is 11.6 Å². The lowest BCUT2D eigenvalue weighted by atomic mass is 10.0. The van der Waals surface area contributed by atoms with Crippen LogP contribution in [0.5, 0.6) is 5.75 Å². The van der Waals surface area contributed by atoms with Crippen molar-refractivity contribution >= 4 is 39.4 Å². The molecule has 0 unspecified atom stereocenters. The monoisotopic (exact) mass is 438 g/mol. The Balaban J connectivity index is 1.37. The van der Waals surface area contributed by atoms with Gasteiger partial charge in [-0.05, 0) is 61.2 Å². The van der Waals surface area contributed by atoms with Gasteiger partial charge in [-0.25, -0.2) is 4.79 Å². The molecule has 2 aromatic heterocycles. The van der Waals surface area contributed by atoms with E-state index in [0.717, 1.165) is 33.8 Å². The topological polar surface area (TPSA) is 84.3 Å². The van der Waals surface area contributed by atoms with E-state index in [-0.39, 0.29) is 18.1 Å². The number of aromatic amines is 1. The molecule has 0 aliphatic heterocycles. The minimum absolute atomic E-state index is 0.121. The Morgan fingerprint density at radius 3 is 2.81 bits per heavy atom. The summed E-state index contributed by atoms with van der Waals surface area (Å²) in [6.07, 6.45) is 3.33. The molecule has 2 heterocycles. The van der Waals surface area contributed by atoms with Crippen molar-refractivity contribution in [3.8, 4) is 5.75 Å². The number of hydrogen-bond donors (Lipinski definition) is 2. The molecule has 0 saturated heterocycles. The highest BCUT2D eigenvalue weighted by Crippen LogP contribution is 2.28. The number of hydrogen-bond acceptors (Lipinski definition) is 4. The van der Waals surface area contributed by atoms with Crippen LogP contribution in [-0.4, -0.2) is 24.0 Å². The smallest absolute Gasteiger partial charge is 0.336 e. The molecule has 0 spiro atoms. The lowest BCUT2D eigenvalue weighted by Gasteiger charge is -2.12. The molecular formula is C24H23ClN2O4. The van der Waals surface area contributed by atoms with Crippen LogP contribution in [0.25, 0.3) is 21.9 Å². The van der Waals surface area contributed by atoms with Gasteiger partial charge in [0.2, 0.25) is 0 Å². The zero-order chi connectivity index (χ0) is 22.0. The van der Waals surface area contributed by atoms with E-state index in [1.807, 2.05) is 44.3 Å². The first-order valence-corrected chi connectivity index (χ1v) is 10.6. The van der Waals surface area contributed by atoms with E-state index in [4.69, 9.17) is 20.8 Å². The molecule has 7 heteroatoms. The minimum atomic E-state index is -0.388. The van der Waals surface area contributed by atoms with Crippen molar-refractivity contribution in [2.24, 2.45) is 0 Å². The first kappa shape index (κ1) is 21.0. The fraction of sp³-hybridized carbons (Fsp3) is 0.250. The summed E-state index contributed by atoms with van der Waals surface area (Å²) in [7, 11) is 0. The van der Waals surface area contributed by atoms with E-state index in [9.17, 15) is 9.59 Å². The lowest BCUT2D eigenvalue weighted by Crippen LogP contribution is -2.30. The number of fused-ring (bicyclic) bond motifs is 2. The number of halogens is 1. The van der Waals surface area contributed by atoms with Crippen LogP contribution in [0, 0.1) is 6.92 Å². The molecule has 0 aliphatic rings. The van der Waals surface area contributed by atoms with Crippen LogP contribution in [0.2, 0.25) is 5.02 Å². The van der Waals surface area contributed by atoms with Gasteiger partial charge in [0.05, 0.1) is 0 Å². The van der Waals surface area contributed by atoms with Crippen molar-refractivity contribution < 1.29 is 13.9 Å². The molecule has 160 valence electrons.